The SMILES string of the molecule is CCOC(=O)C1=C(COCCN)NC(C)=C(C(=O)OC)[C@@H]1c1ccccc1Cl.O=C(O)/C=C/C(=O)O. The lowest BCUT2D eigenvalue weighted by Gasteiger charge is -2.31. The molecule has 2 rings (SSSR count). The maximum atomic E-state index is 12.9. The Morgan fingerprint density at radius 1 is 1.08 bits per heavy atom. The van der Waals surface area contributed by atoms with E-state index in [1.807, 2.05) is 0 Å². The molecule has 0 spiro atoms. The van der Waals surface area contributed by atoms with Crippen LogP contribution < -0.4 is 11.1 Å². The maximum Gasteiger partial charge on any atom is 0.336 e. The van der Waals surface area contributed by atoms with E-state index in [0.29, 0.717) is 52.9 Å². The number of nitrogens with two attached hydrogens (primary N) is 1. The average Bonchev–Trinajstić information content (AvgIpc) is 2.83. The van der Waals surface area contributed by atoms with Gasteiger partial charge >= 0.3 is 23.9 Å². The summed E-state index contributed by atoms with van der Waals surface area (Å²) in [6.45, 7) is 4.42. The van der Waals surface area contributed by atoms with Crippen LogP contribution in [0.1, 0.15) is 25.3 Å². The van der Waals surface area contributed by atoms with Gasteiger partial charge in [-0.25, -0.2) is 19.2 Å². The number of methoxy groups -OCH3 is 1. The first-order valence-corrected chi connectivity index (χ1v) is 11.1. The van der Waals surface area contributed by atoms with Crippen LogP contribution in [0.2, 0.25) is 5.02 Å². The van der Waals surface area contributed by atoms with Crippen LogP contribution in [-0.4, -0.2) is 67.6 Å². The number of hydrogen-bond acceptors (Lipinski definition) is 9. The number of aliphatic carboxylic acids is 2. The third-order valence-electron chi connectivity index (χ3n) is 4.64. The van der Waals surface area contributed by atoms with Crippen molar-refractivity contribution in [3.63, 3.8) is 0 Å². The van der Waals surface area contributed by atoms with E-state index in [0.717, 1.165) is 0 Å². The fraction of sp³-hybridized carbons (Fsp3) is 0.333. The van der Waals surface area contributed by atoms with Crippen molar-refractivity contribution >= 4 is 35.5 Å². The van der Waals surface area contributed by atoms with Crippen molar-refractivity contribution in [2.45, 2.75) is 19.8 Å². The fourth-order valence-corrected chi connectivity index (χ4v) is 3.51. The second-order valence-corrected chi connectivity index (χ2v) is 7.48. The number of carboxylic acid groups (broad SMARTS) is 2. The van der Waals surface area contributed by atoms with E-state index in [9.17, 15) is 19.2 Å². The summed E-state index contributed by atoms with van der Waals surface area (Å²) in [5.74, 6) is -4.38. The lowest BCUT2D eigenvalue weighted by atomic mass is 9.80. The molecule has 5 N–H and O–H groups in total. The van der Waals surface area contributed by atoms with Gasteiger partial charge in [-0.2, -0.15) is 0 Å². The van der Waals surface area contributed by atoms with Crippen LogP contribution in [0.15, 0.2) is 59.0 Å². The van der Waals surface area contributed by atoms with E-state index in [1.54, 1.807) is 38.1 Å². The molecule has 0 saturated carbocycles. The van der Waals surface area contributed by atoms with Gasteiger partial charge < -0.3 is 35.5 Å². The lowest BCUT2D eigenvalue weighted by Crippen LogP contribution is -2.35. The molecule has 196 valence electrons. The average molecular weight is 525 g/mol. The number of nitrogens with one attached hydrogen (secondary N) is 1. The summed E-state index contributed by atoms with van der Waals surface area (Å²) in [6.07, 6.45) is 1.12. The fourth-order valence-electron chi connectivity index (χ4n) is 3.26. The number of esters is 2. The molecule has 0 aromatic heterocycles. The molecule has 1 aliphatic rings. The standard InChI is InChI=1S/C20H25ClN2O5.C4H4O4/c1-4-28-20(25)18-15(11-27-10-9-22)23-12(2)16(19(24)26-3)17(18)13-7-5-6-8-14(13)21;5-3(6)1-2-4(7)8/h5-8,17,23H,4,9-11,22H2,1-3H3;1-2H,(H,5,6)(H,7,8)/b;2-1+/t17-;/m0./s1. The number of halogens is 1. The molecule has 0 radical (unpaired) electrons. The van der Waals surface area contributed by atoms with Crippen molar-refractivity contribution in [1.82, 2.24) is 5.32 Å². The summed E-state index contributed by atoms with van der Waals surface area (Å²) in [5, 5.41) is 19.1. The van der Waals surface area contributed by atoms with Gasteiger partial charge in [0.2, 0.25) is 0 Å². The topological polar surface area (TPSA) is 174 Å². The molecule has 0 fully saturated rings. The highest BCUT2D eigenvalue weighted by atomic mass is 35.5. The molecule has 1 aromatic carbocycles. The van der Waals surface area contributed by atoms with E-state index in [-0.39, 0.29) is 18.8 Å². The van der Waals surface area contributed by atoms with Crippen LogP contribution in [-0.2, 0) is 33.4 Å². The minimum atomic E-state index is -1.26. The van der Waals surface area contributed by atoms with E-state index in [1.165, 1.54) is 7.11 Å². The number of ether oxygens (including phenoxy) is 3. The van der Waals surface area contributed by atoms with Crippen LogP contribution >= 0.6 is 11.6 Å². The van der Waals surface area contributed by atoms with E-state index >= 15 is 0 Å². The molecule has 12 heteroatoms. The van der Waals surface area contributed by atoms with Crippen LogP contribution in [0.25, 0.3) is 0 Å². The molecule has 0 amide bonds. The number of rotatable bonds is 10. The van der Waals surface area contributed by atoms with Gasteiger partial charge in [0.05, 0.1) is 49.7 Å². The summed E-state index contributed by atoms with van der Waals surface area (Å²) < 4.78 is 15.8. The number of carbonyl (C=O) groups is 4. The van der Waals surface area contributed by atoms with Gasteiger partial charge in [-0.3, -0.25) is 0 Å². The molecule has 11 nitrogen and oxygen atoms in total. The zero-order chi connectivity index (χ0) is 27.3. The first kappa shape index (κ1) is 30.4. The van der Waals surface area contributed by atoms with Gasteiger partial charge in [0.25, 0.3) is 0 Å². The van der Waals surface area contributed by atoms with Crippen molar-refractivity contribution < 1.29 is 43.6 Å². The Morgan fingerprint density at radius 2 is 1.69 bits per heavy atom. The number of carboxylic acids is 2. The predicted molar refractivity (Wildman–Crippen MR) is 130 cm³/mol. The predicted octanol–water partition coefficient (Wildman–Crippen LogP) is 1.98. The van der Waals surface area contributed by atoms with Crippen molar-refractivity contribution in [1.29, 1.82) is 0 Å². The molecular formula is C24H29ClN2O9. The summed E-state index contributed by atoms with van der Waals surface area (Å²) >= 11 is 6.42. The van der Waals surface area contributed by atoms with E-state index < -0.39 is 29.8 Å². The Morgan fingerprint density at radius 3 is 2.19 bits per heavy atom. The van der Waals surface area contributed by atoms with Crippen LogP contribution in [0.5, 0.6) is 0 Å². The van der Waals surface area contributed by atoms with E-state index in [4.69, 9.17) is 41.8 Å². The van der Waals surface area contributed by atoms with Gasteiger partial charge in [-0.05, 0) is 25.5 Å². The van der Waals surface area contributed by atoms with Crippen LogP contribution in [0, 0.1) is 0 Å². The number of dihydropyridines is 1. The maximum absolute atomic E-state index is 12.9. The van der Waals surface area contributed by atoms with Gasteiger partial charge in [0.15, 0.2) is 0 Å². The highest BCUT2D eigenvalue weighted by molar-refractivity contribution is 6.31. The smallest absolute Gasteiger partial charge is 0.336 e. The Kier molecular flexibility index (Phi) is 12.9. The highest BCUT2D eigenvalue weighted by Gasteiger charge is 2.39. The molecular weight excluding hydrogens is 496 g/mol. The lowest BCUT2D eigenvalue weighted by molar-refractivity contribution is -0.139. The Bertz CT molecular complexity index is 1050. The van der Waals surface area contributed by atoms with Crippen molar-refractivity contribution in [2.24, 2.45) is 5.73 Å². The normalized spacial score (nSPS) is 15.1. The zero-order valence-corrected chi connectivity index (χ0v) is 20.8. The second-order valence-electron chi connectivity index (χ2n) is 7.07. The van der Waals surface area contributed by atoms with Crippen LogP contribution in [0.3, 0.4) is 0 Å². The monoisotopic (exact) mass is 524 g/mol. The summed E-state index contributed by atoms with van der Waals surface area (Å²) in [7, 11) is 1.29. The quantitative estimate of drug-likeness (QED) is 0.200. The molecule has 1 heterocycles. The molecule has 0 unspecified atom stereocenters. The van der Waals surface area contributed by atoms with Gasteiger partial charge in [0.1, 0.15) is 0 Å². The van der Waals surface area contributed by atoms with Gasteiger partial charge in [0, 0.05) is 29.4 Å². The Hall–Kier alpha value is -3.67. The summed E-state index contributed by atoms with van der Waals surface area (Å²) in [6, 6.07) is 7.05. The number of carbonyl (C=O) groups excluding carboxylic acids is 2. The number of benzene rings is 1. The zero-order valence-electron chi connectivity index (χ0n) is 20.1. The molecule has 0 aliphatic carbocycles. The van der Waals surface area contributed by atoms with Gasteiger partial charge in [-0.1, -0.05) is 29.8 Å². The molecule has 36 heavy (non-hydrogen) atoms. The van der Waals surface area contributed by atoms with Crippen molar-refractivity contribution in [3.8, 4) is 0 Å². The number of allylic oxidation sites excluding steroid dienone is 1. The first-order chi connectivity index (χ1) is 17.1. The largest absolute Gasteiger partial charge is 0.478 e. The molecule has 0 bridgehead atoms. The molecule has 1 aliphatic heterocycles. The Balaban J connectivity index is 0.000000697. The number of hydrogen-bond donors (Lipinski definition) is 4. The molecule has 1 aromatic rings. The minimum Gasteiger partial charge on any atom is -0.478 e. The second kappa shape index (κ2) is 15.4. The summed E-state index contributed by atoms with van der Waals surface area (Å²) in [5.41, 5.74) is 7.70. The minimum absolute atomic E-state index is 0.109. The third-order valence-corrected chi connectivity index (χ3v) is 4.98. The van der Waals surface area contributed by atoms with Crippen molar-refractivity contribution in [2.75, 3.05) is 33.5 Å². The van der Waals surface area contributed by atoms with Crippen LogP contribution in [0.4, 0.5) is 0 Å². The molecule has 1 atom stereocenters. The van der Waals surface area contributed by atoms with E-state index in [2.05, 4.69) is 5.32 Å². The van der Waals surface area contributed by atoms with Gasteiger partial charge in [-0.15, -0.1) is 0 Å². The Labute approximate surface area is 213 Å². The summed E-state index contributed by atoms with van der Waals surface area (Å²) in [4.78, 5) is 44.6. The third kappa shape index (κ3) is 8.84. The van der Waals surface area contributed by atoms with Crippen molar-refractivity contribution in [3.05, 3.63) is 69.5 Å². The highest BCUT2D eigenvalue weighted by Crippen LogP contribution is 2.41. The first-order valence-electron chi connectivity index (χ1n) is 10.7. The molecule has 0 saturated heterocycles.